The summed E-state index contributed by atoms with van der Waals surface area (Å²) in [4.78, 5) is 12.6. The van der Waals surface area contributed by atoms with Crippen molar-refractivity contribution in [3.63, 3.8) is 0 Å². The number of carbonyl (C=O) groups is 1. The zero-order valence-corrected chi connectivity index (χ0v) is 15.7. The lowest BCUT2D eigenvalue weighted by atomic mass is 9.77. The first-order valence-corrected chi connectivity index (χ1v) is 9.38. The van der Waals surface area contributed by atoms with E-state index >= 15 is 0 Å². The van der Waals surface area contributed by atoms with Crippen molar-refractivity contribution in [1.29, 1.82) is 5.26 Å². The van der Waals surface area contributed by atoms with Gasteiger partial charge in [0.25, 0.3) is 0 Å². The summed E-state index contributed by atoms with van der Waals surface area (Å²) in [6, 6.07) is 15.6. The Morgan fingerprint density at radius 1 is 1.17 bits per heavy atom. The number of ketones is 1. The molecule has 2 aliphatic rings. The molecule has 29 heavy (non-hydrogen) atoms. The van der Waals surface area contributed by atoms with E-state index in [0.29, 0.717) is 41.9 Å². The minimum Gasteiger partial charge on any atom is -0.489 e. The highest BCUT2D eigenvalue weighted by molar-refractivity contribution is 5.99. The van der Waals surface area contributed by atoms with Gasteiger partial charge in [-0.2, -0.15) is 5.26 Å². The maximum absolute atomic E-state index is 13.7. The highest BCUT2D eigenvalue weighted by atomic mass is 19.1. The SMILES string of the molecule is N#CC1=C(N)OC2=C(C(=O)CCC2)C1c1ccc(OCc2ccccc2F)cc1. The van der Waals surface area contributed by atoms with Gasteiger partial charge in [0.2, 0.25) is 5.88 Å². The summed E-state index contributed by atoms with van der Waals surface area (Å²) < 4.78 is 25.0. The summed E-state index contributed by atoms with van der Waals surface area (Å²) in [6.45, 7) is 0.105. The van der Waals surface area contributed by atoms with E-state index in [1.54, 1.807) is 42.5 Å². The number of allylic oxidation sites excluding steroid dienone is 3. The summed E-state index contributed by atoms with van der Waals surface area (Å²) in [5.74, 6) is 0.284. The van der Waals surface area contributed by atoms with E-state index in [2.05, 4.69) is 6.07 Å². The Hall–Kier alpha value is -3.59. The summed E-state index contributed by atoms with van der Waals surface area (Å²) in [5.41, 5.74) is 7.93. The van der Waals surface area contributed by atoms with E-state index in [0.717, 1.165) is 5.56 Å². The molecule has 0 aromatic heterocycles. The zero-order valence-electron chi connectivity index (χ0n) is 15.7. The van der Waals surface area contributed by atoms with Gasteiger partial charge in [-0.05, 0) is 30.2 Å². The van der Waals surface area contributed by atoms with Gasteiger partial charge in [0.15, 0.2) is 5.78 Å². The lowest BCUT2D eigenvalue weighted by Gasteiger charge is -2.31. The standard InChI is InChI=1S/C23H19FN2O3/c24-18-5-2-1-4-15(18)13-28-16-10-8-14(9-11-16)21-17(12-25)23(26)29-20-7-3-6-19(27)22(20)21/h1-2,4-5,8-11,21H,3,6-7,13,26H2. The molecule has 6 heteroatoms. The van der Waals surface area contributed by atoms with E-state index in [4.69, 9.17) is 15.2 Å². The van der Waals surface area contributed by atoms with Gasteiger partial charge >= 0.3 is 0 Å². The van der Waals surface area contributed by atoms with Crippen molar-refractivity contribution in [2.75, 3.05) is 0 Å². The number of Topliss-reactive ketones (excluding diaryl/α,β-unsaturated/α-hetero) is 1. The smallest absolute Gasteiger partial charge is 0.205 e. The minimum absolute atomic E-state index is 0.0172. The van der Waals surface area contributed by atoms with Crippen LogP contribution in [0.2, 0.25) is 0 Å². The predicted molar refractivity (Wildman–Crippen MR) is 104 cm³/mol. The number of hydrogen-bond acceptors (Lipinski definition) is 5. The van der Waals surface area contributed by atoms with E-state index in [1.165, 1.54) is 6.07 Å². The molecular formula is C23H19FN2O3. The molecule has 1 aliphatic heterocycles. The maximum atomic E-state index is 13.7. The molecule has 0 saturated carbocycles. The first-order valence-electron chi connectivity index (χ1n) is 9.38. The Kier molecular flexibility index (Phi) is 5.05. The molecule has 0 bridgehead atoms. The molecule has 4 rings (SSSR count). The zero-order chi connectivity index (χ0) is 20.4. The van der Waals surface area contributed by atoms with Gasteiger partial charge in [0, 0.05) is 24.0 Å². The minimum atomic E-state index is -0.544. The molecule has 2 aromatic rings. The highest BCUT2D eigenvalue weighted by Gasteiger charge is 2.37. The normalized spacial score (nSPS) is 18.8. The number of nitrogens with zero attached hydrogens (tertiary/aromatic N) is 1. The van der Waals surface area contributed by atoms with Gasteiger partial charge in [0.1, 0.15) is 35.6 Å². The van der Waals surface area contributed by atoms with Crippen molar-refractivity contribution < 1.29 is 18.7 Å². The number of rotatable bonds is 4. The second-order valence-corrected chi connectivity index (χ2v) is 6.99. The second kappa shape index (κ2) is 7.80. The average molecular weight is 390 g/mol. The fourth-order valence-corrected chi connectivity index (χ4v) is 3.72. The van der Waals surface area contributed by atoms with Crippen LogP contribution in [0.4, 0.5) is 4.39 Å². The van der Waals surface area contributed by atoms with Gasteiger partial charge < -0.3 is 15.2 Å². The van der Waals surface area contributed by atoms with Crippen LogP contribution in [0.3, 0.4) is 0 Å². The molecule has 2 N–H and O–H groups in total. The first-order chi connectivity index (χ1) is 14.1. The second-order valence-electron chi connectivity index (χ2n) is 6.99. The monoisotopic (exact) mass is 390 g/mol. The molecule has 0 saturated heterocycles. The number of hydrogen-bond donors (Lipinski definition) is 1. The third-order valence-corrected chi connectivity index (χ3v) is 5.17. The molecule has 146 valence electrons. The van der Waals surface area contributed by atoms with Gasteiger partial charge in [-0.1, -0.05) is 30.3 Å². The Morgan fingerprint density at radius 2 is 1.93 bits per heavy atom. The topological polar surface area (TPSA) is 85.3 Å². The van der Waals surface area contributed by atoms with Gasteiger partial charge in [0.05, 0.1) is 5.92 Å². The van der Waals surface area contributed by atoms with E-state index in [1.807, 2.05) is 0 Å². The van der Waals surface area contributed by atoms with Gasteiger partial charge in [-0.25, -0.2) is 4.39 Å². The fraction of sp³-hybridized carbons (Fsp3) is 0.217. The van der Waals surface area contributed by atoms with Crippen LogP contribution >= 0.6 is 0 Å². The number of nitriles is 1. The van der Waals surface area contributed by atoms with Gasteiger partial charge in [-0.15, -0.1) is 0 Å². The van der Waals surface area contributed by atoms with Crippen molar-refractivity contribution >= 4 is 5.78 Å². The van der Waals surface area contributed by atoms with Crippen LogP contribution in [0.1, 0.15) is 36.3 Å². The number of nitrogens with two attached hydrogens (primary N) is 1. The van der Waals surface area contributed by atoms with Crippen molar-refractivity contribution in [3.05, 3.63) is 88.3 Å². The lowest BCUT2D eigenvalue weighted by Crippen LogP contribution is -2.27. The van der Waals surface area contributed by atoms with Crippen molar-refractivity contribution in [2.24, 2.45) is 5.73 Å². The van der Waals surface area contributed by atoms with Crippen LogP contribution in [-0.4, -0.2) is 5.78 Å². The molecular weight excluding hydrogens is 371 g/mol. The van der Waals surface area contributed by atoms with Crippen molar-refractivity contribution in [3.8, 4) is 11.8 Å². The molecule has 0 fully saturated rings. The van der Waals surface area contributed by atoms with Crippen molar-refractivity contribution in [1.82, 2.24) is 0 Å². The highest BCUT2D eigenvalue weighted by Crippen LogP contribution is 2.43. The van der Waals surface area contributed by atoms with E-state index < -0.39 is 5.92 Å². The Balaban J connectivity index is 1.60. The molecule has 5 nitrogen and oxygen atoms in total. The van der Waals surface area contributed by atoms with Crippen LogP contribution in [0.25, 0.3) is 0 Å². The average Bonchev–Trinajstić information content (AvgIpc) is 2.73. The summed E-state index contributed by atoms with van der Waals surface area (Å²) in [6.07, 6.45) is 1.77. The van der Waals surface area contributed by atoms with E-state index in [-0.39, 0.29) is 29.7 Å². The molecule has 1 aliphatic carbocycles. The maximum Gasteiger partial charge on any atom is 0.205 e. The van der Waals surface area contributed by atoms with Crippen LogP contribution < -0.4 is 10.5 Å². The third kappa shape index (κ3) is 3.59. The number of carbonyl (C=O) groups excluding carboxylic acids is 1. The fourth-order valence-electron chi connectivity index (χ4n) is 3.72. The molecule has 2 aromatic carbocycles. The first kappa shape index (κ1) is 18.8. The molecule has 0 radical (unpaired) electrons. The summed E-state index contributed by atoms with van der Waals surface area (Å²) in [7, 11) is 0. The Bertz CT molecular complexity index is 1060. The van der Waals surface area contributed by atoms with Crippen LogP contribution in [0.15, 0.2) is 71.3 Å². The Morgan fingerprint density at radius 3 is 2.66 bits per heavy atom. The lowest BCUT2D eigenvalue weighted by molar-refractivity contribution is -0.116. The molecule has 1 atom stereocenters. The summed E-state index contributed by atoms with van der Waals surface area (Å²) >= 11 is 0. The number of benzene rings is 2. The van der Waals surface area contributed by atoms with Gasteiger partial charge in [-0.3, -0.25) is 4.79 Å². The molecule has 0 amide bonds. The van der Waals surface area contributed by atoms with E-state index in [9.17, 15) is 14.4 Å². The summed E-state index contributed by atoms with van der Waals surface area (Å²) in [5, 5.41) is 9.60. The van der Waals surface area contributed by atoms with Crippen LogP contribution in [-0.2, 0) is 16.1 Å². The van der Waals surface area contributed by atoms with Crippen LogP contribution in [0.5, 0.6) is 5.75 Å². The van der Waals surface area contributed by atoms with Crippen molar-refractivity contribution in [2.45, 2.75) is 31.8 Å². The number of halogens is 1. The quantitative estimate of drug-likeness (QED) is 0.845. The molecule has 1 heterocycles. The predicted octanol–water partition coefficient (Wildman–Crippen LogP) is 4.22. The Labute approximate surface area is 167 Å². The molecule has 0 spiro atoms. The number of ether oxygens (including phenoxy) is 2. The largest absolute Gasteiger partial charge is 0.489 e. The molecule has 1 unspecified atom stereocenters. The van der Waals surface area contributed by atoms with Crippen LogP contribution in [0, 0.1) is 17.1 Å². The third-order valence-electron chi connectivity index (χ3n) is 5.17.